The smallest absolute Gasteiger partial charge is 0.414 e. The first-order chi connectivity index (χ1) is 15.5. The summed E-state index contributed by atoms with van der Waals surface area (Å²) in [4.78, 5) is 31.0. The van der Waals surface area contributed by atoms with Crippen LogP contribution in [0.15, 0.2) is 48.7 Å². The second kappa shape index (κ2) is 9.01. The lowest BCUT2D eigenvalue weighted by molar-refractivity contribution is 0.0933. The molecular weight excluding hydrogens is 413 g/mol. The molecule has 164 valence electrons. The van der Waals surface area contributed by atoms with Crippen molar-refractivity contribution >= 4 is 23.8 Å². The van der Waals surface area contributed by atoms with Gasteiger partial charge in [-0.15, -0.1) is 0 Å². The fourth-order valence-corrected chi connectivity index (χ4v) is 3.62. The number of hydrogen-bond acceptors (Lipinski definition) is 5. The van der Waals surface area contributed by atoms with E-state index < -0.39 is 6.09 Å². The maximum atomic E-state index is 13.3. The Bertz CT molecular complexity index is 1160. The number of aromatic nitrogens is 3. The molecule has 0 bridgehead atoms. The molecule has 2 amide bonds. The molecule has 9 heteroatoms. The van der Waals surface area contributed by atoms with Crippen LogP contribution in [0.3, 0.4) is 0 Å². The van der Waals surface area contributed by atoms with Crippen molar-refractivity contribution in [3.8, 4) is 0 Å². The number of carbonyl (C=O) groups is 2. The summed E-state index contributed by atoms with van der Waals surface area (Å²) in [5, 5.41) is 10.1. The fourth-order valence-electron chi connectivity index (χ4n) is 3.62. The van der Waals surface area contributed by atoms with E-state index in [0.29, 0.717) is 41.2 Å². The second-order valence-corrected chi connectivity index (χ2v) is 7.33. The number of carbonyl (C=O) groups excluding carboxylic acids is 2. The van der Waals surface area contributed by atoms with Crippen molar-refractivity contribution in [1.82, 2.24) is 25.4 Å². The molecule has 1 atom stereocenters. The van der Waals surface area contributed by atoms with Crippen molar-refractivity contribution in [3.05, 3.63) is 82.7 Å². The van der Waals surface area contributed by atoms with Gasteiger partial charge in [-0.3, -0.25) is 19.8 Å². The Morgan fingerprint density at radius 3 is 2.72 bits per heavy atom. The van der Waals surface area contributed by atoms with Gasteiger partial charge in [-0.2, -0.15) is 5.10 Å². The van der Waals surface area contributed by atoms with E-state index >= 15 is 0 Å². The van der Waals surface area contributed by atoms with Gasteiger partial charge in [-0.25, -0.2) is 9.18 Å². The van der Waals surface area contributed by atoms with Crippen LogP contribution in [0.4, 0.5) is 9.18 Å². The van der Waals surface area contributed by atoms with Gasteiger partial charge in [0.15, 0.2) is 0 Å². The number of ether oxygens (including phenoxy) is 1. The summed E-state index contributed by atoms with van der Waals surface area (Å²) < 4.78 is 18.2. The molecule has 1 unspecified atom stereocenters. The first kappa shape index (κ1) is 21.2. The average Bonchev–Trinajstić information content (AvgIpc) is 3.25. The molecule has 3 heterocycles. The van der Waals surface area contributed by atoms with Gasteiger partial charge in [0.1, 0.15) is 17.2 Å². The van der Waals surface area contributed by atoms with Crippen molar-refractivity contribution in [3.63, 3.8) is 0 Å². The molecule has 0 aliphatic carbocycles. The average molecular weight is 435 g/mol. The number of benzene rings is 1. The Morgan fingerprint density at radius 2 is 2.03 bits per heavy atom. The van der Waals surface area contributed by atoms with E-state index in [4.69, 9.17) is 4.74 Å². The van der Waals surface area contributed by atoms with Crippen molar-refractivity contribution in [2.45, 2.75) is 19.4 Å². The van der Waals surface area contributed by atoms with Gasteiger partial charge < -0.3 is 10.1 Å². The van der Waals surface area contributed by atoms with Crippen LogP contribution in [0.1, 0.15) is 46.0 Å². The Balaban J connectivity index is 1.66. The summed E-state index contributed by atoms with van der Waals surface area (Å²) in [6, 6.07) is 11.1. The van der Waals surface area contributed by atoms with E-state index in [1.165, 1.54) is 24.1 Å². The van der Waals surface area contributed by atoms with E-state index in [9.17, 15) is 14.0 Å². The van der Waals surface area contributed by atoms with Crippen molar-refractivity contribution < 1.29 is 18.7 Å². The number of methoxy groups -OCH3 is 1. The minimum atomic E-state index is -0.540. The number of nitrogens with one attached hydrogen (secondary N) is 2. The number of hydrogen-bond donors (Lipinski definition) is 2. The summed E-state index contributed by atoms with van der Waals surface area (Å²) in [5.74, 6) is -0.674. The van der Waals surface area contributed by atoms with Crippen LogP contribution in [0.25, 0.3) is 11.8 Å². The number of halogens is 1. The second-order valence-electron chi connectivity index (χ2n) is 7.33. The number of fused-ring (bicyclic) bond motifs is 1. The molecule has 0 saturated carbocycles. The minimum absolute atomic E-state index is 0.299. The monoisotopic (exact) mass is 435 g/mol. The number of H-pyrrole nitrogens is 1. The van der Waals surface area contributed by atoms with Gasteiger partial charge in [-0.1, -0.05) is 18.2 Å². The maximum absolute atomic E-state index is 13.3. The molecule has 1 aliphatic rings. The zero-order valence-corrected chi connectivity index (χ0v) is 17.6. The number of nitrogens with zero attached hydrogens (tertiary/aromatic N) is 3. The zero-order chi connectivity index (χ0) is 22.7. The first-order valence-corrected chi connectivity index (χ1v) is 10.1. The van der Waals surface area contributed by atoms with Crippen molar-refractivity contribution in [1.29, 1.82) is 0 Å². The van der Waals surface area contributed by atoms with Gasteiger partial charge in [0, 0.05) is 18.3 Å². The molecule has 0 radical (unpaired) electrons. The predicted octanol–water partition coefficient (Wildman–Crippen LogP) is 3.56. The van der Waals surface area contributed by atoms with E-state index in [1.54, 1.807) is 24.4 Å². The van der Waals surface area contributed by atoms with Crippen LogP contribution in [0.5, 0.6) is 0 Å². The number of amides is 2. The van der Waals surface area contributed by atoms with E-state index in [1.807, 2.05) is 25.1 Å². The largest absolute Gasteiger partial charge is 0.452 e. The van der Waals surface area contributed by atoms with E-state index in [2.05, 4.69) is 20.5 Å². The molecular formula is C23H22FN5O3. The third-order valence-corrected chi connectivity index (χ3v) is 5.26. The molecule has 0 saturated heterocycles. The Kier molecular flexibility index (Phi) is 5.98. The van der Waals surface area contributed by atoms with E-state index in [0.717, 1.165) is 5.69 Å². The normalized spacial score (nSPS) is 15.2. The predicted molar refractivity (Wildman–Crippen MR) is 116 cm³/mol. The number of pyridine rings is 1. The summed E-state index contributed by atoms with van der Waals surface area (Å²) in [7, 11) is 1.30. The Morgan fingerprint density at radius 1 is 1.25 bits per heavy atom. The van der Waals surface area contributed by atoms with Crippen molar-refractivity contribution in [2.75, 3.05) is 13.7 Å². The lowest BCUT2D eigenvalue weighted by atomic mass is 9.99. The molecule has 0 fully saturated rings. The van der Waals surface area contributed by atoms with Crippen LogP contribution in [0.2, 0.25) is 0 Å². The topological polar surface area (TPSA) is 100 Å². The molecule has 2 N–H and O–H groups in total. The van der Waals surface area contributed by atoms with E-state index in [-0.39, 0.29) is 17.8 Å². The lowest BCUT2D eigenvalue weighted by Crippen LogP contribution is -2.35. The Hall–Kier alpha value is -4.01. The Labute approximate surface area is 184 Å². The molecule has 3 aromatic rings. The van der Waals surface area contributed by atoms with Gasteiger partial charge >= 0.3 is 6.09 Å². The van der Waals surface area contributed by atoms with Crippen LogP contribution >= 0.6 is 0 Å². The number of rotatable bonds is 4. The van der Waals surface area contributed by atoms with Gasteiger partial charge in [0.05, 0.1) is 24.5 Å². The van der Waals surface area contributed by atoms with Crippen LogP contribution in [0, 0.1) is 5.82 Å². The first-order valence-electron chi connectivity index (χ1n) is 10.1. The van der Waals surface area contributed by atoms with Gasteiger partial charge in [-0.05, 0) is 49.2 Å². The van der Waals surface area contributed by atoms with Crippen LogP contribution in [-0.2, 0) is 11.2 Å². The highest BCUT2D eigenvalue weighted by Gasteiger charge is 2.32. The standard InChI is InChI=1S/C23H22FN5O3/c1-14(18-5-3-4-11-25-18)26-22(30)21-17-10-12-29(23(31)32-2)19(20(17)27-28-21)13-15-6-8-16(24)9-7-15/h3-9,11,13-14H,10,12H2,1-2H3,(H,26,30)(H,27,28). The highest BCUT2D eigenvalue weighted by Crippen LogP contribution is 2.31. The molecule has 0 spiro atoms. The summed E-state index contributed by atoms with van der Waals surface area (Å²) in [6.07, 6.45) is 3.27. The van der Waals surface area contributed by atoms with Gasteiger partial charge in [0.25, 0.3) is 5.91 Å². The minimum Gasteiger partial charge on any atom is -0.452 e. The molecule has 8 nitrogen and oxygen atoms in total. The fraction of sp³-hybridized carbons (Fsp3) is 0.217. The summed E-state index contributed by atoms with van der Waals surface area (Å²) in [5.41, 5.74) is 3.39. The molecule has 4 rings (SSSR count). The summed E-state index contributed by atoms with van der Waals surface area (Å²) in [6.45, 7) is 2.16. The van der Waals surface area contributed by atoms with Crippen molar-refractivity contribution in [2.24, 2.45) is 0 Å². The van der Waals surface area contributed by atoms with Crippen LogP contribution in [-0.4, -0.2) is 45.7 Å². The summed E-state index contributed by atoms with van der Waals surface area (Å²) >= 11 is 0. The lowest BCUT2D eigenvalue weighted by Gasteiger charge is -2.28. The molecule has 1 aliphatic heterocycles. The SMILES string of the molecule is COC(=O)N1CCc2c(n[nH]c2C(=O)NC(C)c2ccccn2)C1=Cc1ccc(F)cc1. The quantitative estimate of drug-likeness (QED) is 0.653. The third-order valence-electron chi connectivity index (χ3n) is 5.26. The highest BCUT2D eigenvalue weighted by molar-refractivity contribution is 5.98. The molecule has 1 aromatic carbocycles. The molecule has 32 heavy (non-hydrogen) atoms. The van der Waals surface area contributed by atoms with Crippen LogP contribution < -0.4 is 5.32 Å². The zero-order valence-electron chi connectivity index (χ0n) is 17.6. The highest BCUT2D eigenvalue weighted by atomic mass is 19.1. The third kappa shape index (κ3) is 4.22. The number of aromatic amines is 1. The van der Waals surface area contributed by atoms with Gasteiger partial charge in [0.2, 0.25) is 0 Å². The maximum Gasteiger partial charge on any atom is 0.414 e. The molecule has 2 aromatic heterocycles.